The van der Waals surface area contributed by atoms with Crippen LogP contribution in [0.2, 0.25) is 0 Å². The summed E-state index contributed by atoms with van der Waals surface area (Å²) in [6.45, 7) is 3.98. The predicted molar refractivity (Wildman–Crippen MR) is 43.5 cm³/mol. The Morgan fingerprint density at radius 1 is 1.67 bits per heavy atom. The SMILES string of the molecule is CCOC(=O)C1CCC(=O)C1C. The van der Waals surface area contributed by atoms with Crippen LogP contribution in [-0.2, 0) is 14.3 Å². The number of ether oxygens (including phenoxy) is 1. The van der Waals surface area contributed by atoms with Gasteiger partial charge in [-0.05, 0) is 13.3 Å². The number of hydrogen-bond acceptors (Lipinski definition) is 3. The zero-order chi connectivity index (χ0) is 9.14. The van der Waals surface area contributed by atoms with Crippen molar-refractivity contribution >= 4 is 11.8 Å². The van der Waals surface area contributed by atoms with Crippen LogP contribution in [0.25, 0.3) is 0 Å². The number of ketones is 1. The van der Waals surface area contributed by atoms with Crippen LogP contribution in [0.4, 0.5) is 0 Å². The summed E-state index contributed by atoms with van der Waals surface area (Å²) in [4.78, 5) is 22.3. The van der Waals surface area contributed by atoms with Crippen LogP contribution in [0.15, 0.2) is 0 Å². The van der Waals surface area contributed by atoms with Crippen molar-refractivity contribution in [1.82, 2.24) is 0 Å². The number of hydrogen-bond donors (Lipinski definition) is 0. The number of esters is 1. The maximum Gasteiger partial charge on any atom is 0.309 e. The first-order valence-electron chi connectivity index (χ1n) is 4.36. The lowest BCUT2D eigenvalue weighted by Gasteiger charge is -2.11. The molecule has 0 amide bonds. The lowest BCUT2D eigenvalue weighted by molar-refractivity contribution is -0.150. The lowest BCUT2D eigenvalue weighted by Crippen LogP contribution is -2.22. The zero-order valence-corrected chi connectivity index (χ0v) is 7.50. The van der Waals surface area contributed by atoms with E-state index in [0.29, 0.717) is 19.4 Å². The molecule has 68 valence electrons. The van der Waals surface area contributed by atoms with E-state index in [0.717, 1.165) is 0 Å². The standard InChI is InChI=1S/C9H14O3/c1-3-12-9(11)7-4-5-8(10)6(7)2/h6-7H,3-5H2,1-2H3. The van der Waals surface area contributed by atoms with Crippen molar-refractivity contribution < 1.29 is 14.3 Å². The van der Waals surface area contributed by atoms with Crippen LogP contribution in [0.1, 0.15) is 26.7 Å². The molecule has 0 bridgehead atoms. The Bertz CT molecular complexity index is 198. The van der Waals surface area contributed by atoms with Gasteiger partial charge in [-0.1, -0.05) is 6.92 Å². The summed E-state index contributed by atoms with van der Waals surface area (Å²) in [6, 6.07) is 0. The van der Waals surface area contributed by atoms with Crippen molar-refractivity contribution in [2.45, 2.75) is 26.7 Å². The molecule has 1 aliphatic rings. The van der Waals surface area contributed by atoms with Crippen molar-refractivity contribution in [3.8, 4) is 0 Å². The lowest BCUT2D eigenvalue weighted by atomic mass is 9.98. The minimum absolute atomic E-state index is 0.135. The zero-order valence-electron chi connectivity index (χ0n) is 7.50. The molecule has 0 aromatic heterocycles. The van der Waals surface area contributed by atoms with E-state index >= 15 is 0 Å². The summed E-state index contributed by atoms with van der Waals surface area (Å²) in [5, 5.41) is 0. The average Bonchev–Trinajstić information content (AvgIpc) is 2.34. The second-order valence-electron chi connectivity index (χ2n) is 3.15. The van der Waals surface area contributed by atoms with Crippen molar-refractivity contribution in [2.75, 3.05) is 6.61 Å². The van der Waals surface area contributed by atoms with Gasteiger partial charge in [-0.25, -0.2) is 0 Å². The second kappa shape index (κ2) is 3.70. The number of rotatable bonds is 2. The van der Waals surface area contributed by atoms with Crippen molar-refractivity contribution in [3.05, 3.63) is 0 Å². The Morgan fingerprint density at radius 2 is 2.33 bits per heavy atom. The van der Waals surface area contributed by atoms with E-state index in [2.05, 4.69) is 0 Å². The van der Waals surface area contributed by atoms with Crippen molar-refractivity contribution in [3.63, 3.8) is 0 Å². The first kappa shape index (κ1) is 9.23. The van der Waals surface area contributed by atoms with Gasteiger partial charge in [-0.2, -0.15) is 0 Å². The molecule has 0 spiro atoms. The summed E-state index contributed by atoms with van der Waals surface area (Å²) >= 11 is 0. The van der Waals surface area contributed by atoms with Crippen LogP contribution in [0.5, 0.6) is 0 Å². The van der Waals surface area contributed by atoms with E-state index in [4.69, 9.17) is 4.74 Å². The molecular formula is C9H14O3. The van der Waals surface area contributed by atoms with E-state index in [1.54, 1.807) is 13.8 Å². The molecular weight excluding hydrogens is 156 g/mol. The molecule has 3 heteroatoms. The summed E-state index contributed by atoms with van der Waals surface area (Å²) in [6.07, 6.45) is 1.20. The van der Waals surface area contributed by atoms with Gasteiger partial charge in [0.25, 0.3) is 0 Å². The summed E-state index contributed by atoms with van der Waals surface area (Å²) in [7, 11) is 0. The maximum absolute atomic E-state index is 11.2. The molecule has 0 saturated heterocycles. The Morgan fingerprint density at radius 3 is 2.75 bits per heavy atom. The highest BCUT2D eigenvalue weighted by atomic mass is 16.5. The van der Waals surface area contributed by atoms with E-state index in [-0.39, 0.29) is 23.6 Å². The number of carbonyl (C=O) groups excluding carboxylic acids is 2. The van der Waals surface area contributed by atoms with E-state index in [1.165, 1.54) is 0 Å². The van der Waals surface area contributed by atoms with Gasteiger partial charge in [0.2, 0.25) is 0 Å². The molecule has 0 N–H and O–H groups in total. The van der Waals surface area contributed by atoms with E-state index in [1.807, 2.05) is 0 Å². The molecule has 3 nitrogen and oxygen atoms in total. The van der Waals surface area contributed by atoms with Gasteiger partial charge in [0, 0.05) is 12.3 Å². The maximum atomic E-state index is 11.2. The molecule has 0 heterocycles. The number of Topliss-reactive ketones (excluding diaryl/α,β-unsaturated/α-hetero) is 1. The summed E-state index contributed by atoms with van der Waals surface area (Å²) in [5.41, 5.74) is 0. The van der Waals surface area contributed by atoms with Crippen LogP contribution in [-0.4, -0.2) is 18.4 Å². The fourth-order valence-electron chi connectivity index (χ4n) is 1.57. The fourth-order valence-corrected chi connectivity index (χ4v) is 1.57. The third-order valence-corrected chi connectivity index (χ3v) is 2.40. The second-order valence-corrected chi connectivity index (χ2v) is 3.15. The first-order valence-corrected chi connectivity index (χ1v) is 4.36. The van der Waals surface area contributed by atoms with E-state index in [9.17, 15) is 9.59 Å². The van der Waals surface area contributed by atoms with E-state index < -0.39 is 0 Å². The highest BCUT2D eigenvalue weighted by Crippen LogP contribution is 2.29. The Balaban J connectivity index is 2.53. The molecule has 1 aliphatic carbocycles. The van der Waals surface area contributed by atoms with Gasteiger partial charge in [0.05, 0.1) is 12.5 Å². The molecule has 2 unspecified atom stereocenters. The predicted octanol–water partition coefficient (Wildman–Crippen LogP) is 1.16. The van der Waals surface area contributed by atoms with Gasteiger partial charge >= 0.3 is 5.97 Å². The topological polar surface area (TPSA) is 43.4 Å². The highest BCUT2D eigenvalue weighted by molar-refractivity contribution is 5.89. The molecule has 0 aromatic carbocycles. The van der Waals surface area contributed by atoms with Crippen LogP contribution >= 0.6 is 0 Å². The third kappa shape index (κ3) is 1.65. The highest BCUT2D eigenvalue weighted by Gasteiger charge is 2.36. The van der Waals surface area contributed by atoms with Gasteiger partial charge in [-0.3, -0.25) is 9.59 Å². The van der Waals surface area contributed by atoms with Crippen LogP contribution in [0, 0.1) is 11.8 Å². The van der Waals surface area contributed by atoms with Gasteiger partial charge in [0.15, 0.2) is 0 Å². The Kier molecular flexibility index (Phi) is 2.84. The molecule has 1 rings (SSSR count). The molecule has 12 heavy (non-hydrogen) atoms. The van der Waals surface area contributed by atoms with Gasteiger partial charge in [0.1, 0.15) is 5.78 Å². The molecule has 1 fully saturated rings. The molecule has 1 saturated carbocycles. The minimum atomic E-state index is -0.212. The summed E-state index contributed by atoms with van der Waals surface area (Å²) in [5.74, 6) is -0.342. The largest absolute Gasteiger partial charge is 0.466 e. The van der Waals surface area contributed by atoms with Gasteiger partial charge < -0.3 is 4.74 Å². The quantitative estimate of drug-likeness (QED) is 0.584. The fraction of sp³-hybridized carbons (Fsp3) is 0.778. The molecule has 2 atom stereocenters. The summed E-state index contributed by atoms with van der Waals surface area (Å²) < 4.78 is 4.85. The monoisotopic (exact) mass is 170 g/mol. The number of carbonyl (C=O) groups is 2. The molecule has 0 aromatic rings. The van der Waals surface area contributed by atoms with Crippen molar-refractivity contribution in [2.24, 2.45) is 11.8 Å². The molecule has 0 radical (unpaired) electrons. The Labute approximate surface area is 72.1 Å². The average molecular weight is 170 g/mol. The molecule has 0 aliphatic heterocycles. The Hall–Kier alpha value is -0.860. The van der Waals surface area contributed by atoms with Gasteiger partial charge in [-0.15, -0.1) is 0 Å². The van der Waals surface area contributed by atoms with Crippen LogP contribution in [0.3, 0.4) is 0 Å². The van der Waals surface area contributed by atoms with Crippen LogP contribution < -0.4 is 0 Å². The minimum Gasteiger partial charge on any atom is -0.466 e. The van der Waals surface area contributed by atoms with Crippen molar-refractivity contribution in [1.29, 1.82) is 0 Å². The normalized spacial score (nSPS) is 29.0. The third-order valence-electron chi connectivity index (χ3n) is 2.40. The first-order chi connectivity index (χ1) is 5.66. The smallest absolute Gasteiger partial charge is 0.309 e.